The zero-order chi connectivity index (χ0) is 17.7. The standard InChI is InChI=1S/C20H24ClNO2/c1-13(2)10-11-24-18-7-5-6-14(3)19(18)20(23)22-16-8-9-17(21)15(4)12-16/h5-9,12-13H,10-11H2,1-4H3,(H,22,23). The molecule has 0 fully saturated rings. The van der Waals surface area contributed by atoms with Gasteiger partial charge in [-0.2, -0.15) is 0 Å². The first-order chi connectivity index (χ1) is 11.4. The van der Waals surface area contributed by atoms with E-state index in [1.807, 2.05) is 38.1 Å². The first-order valence-electron chi connectivity index (χ1n) is 8.18. The first-order valence-corrected chi connectivity index (χ1v) is 8.56. The Hall–Kier alpha value is -2.00. The summed E-state index contributed by atoms with van der Waals surface area (Å²) in [5.74, 6) is 1.01. The van der Waals surface area contributed by atoms with Gasteiger partial charge in [-0.15, -0.1) is 0 Å². The predicted octanol–water partition coefficient (Wildman–Crippen LogP) is 5.63. The normalized spacial score (nSPS) is 10.8. The lowest BCUT2D eigenvalue weighted by atomic mass is 10.1. The highest BCUT2D eigenvalue weighted by molar-refractivity contribution is 6.31. The molecule has 2 aromatic carbocycles. The largest absolute Gasteiger partial charge is 0.493 e. The Kier molecular flexibility index (Phi) is 6.27. The van der Waals surface area contributed by atoms with Crippen LogP contribution in [0.3, 0.4) is 0 Å². The van der Waals surface area contributed by atoms with Crippen molar-refractivity contribution in [1.29, 1.82) is 0 Å². The van der Waals surface area contributed by atoms with E-state index in [-0.39, 0.29) is 5.91 Å². The number of carbonyl (C=O) groups excluding carboxylic acids is 1. The maximum atomic E-state index is 12.7. The van der Waals surface area contributed by atoms with Crippen molar-refractivity contribution in [1.82, 2.24) is 0 Å². The second-order valence-corrected chi connectivity index (χ2v) is 6.80. The molecule has 0 atom stereocenters. The molecule has 0 saturated heterocycles. The van der Waals surface area contributed by atoms with Gasteiger partial charge in [-0.3, -0.25) is 4.79 Å². The molecule has 2 rings (SSSR count). The molecule has 0 heterocycles. The average Bonchev–Trinajstić information content (AvgIpc) is 2.50. The van der Waals surface area contributed by atoms with Gasteiger partial charge in [0.15, 0.2) is 0 Å². The van der Waals surface area contributed by atoms with Crippen molar-refractivity contribution in [3.63, 3.8) is 0 Å². The quantitative estimate of drug-likeness (QED) is 0.736. The van der Waals surface area contributed by atoms with E-state index in [4.69, 9.17) is 16.3 Å². The van der Waals surface area contributed by atoms with Crippen molar-refractivity contribution < 1.29 is 9.53 Å². The second kappa shape index (κ2) is 8.20. The zero-order valence-electron chi connectivity index (χ0n) is 14.7. The van der Waals surface area contributed by atoms with Crippen molar-refractivity contribution in [3.05, 3.63) is 58.1 Å². The minimum atomic E-state index is -0.172. The number of nitrogens with one attached hydrogen (secondary N) is 1. The molecular formula is C20H24ClNO2. The molecule has 0 unspecified atom stereocenters. The zero-order valence-corrected chi connectivity index (χ0v) is 15.4. The van der Waals surface area contributed by atoms with Crippen LogP contribution in [0, 0.1) is 19.8 Å². The molecule has 0 saturated carbocycles. The summed E-state index contributed by atoms with van der Waals surface area (Å²) in [6.07, 6.45) is 0.950. The molecule has 0 radical (unpaired) electrons. The molecule has 3 nitrogen and oxygen atoms in total. The molecule has 0 spiro atoms. The topological polar surface area (TPSA) is 38.3 Å². The van der Waals surface area contributed by atoms with Crippen LogP contribution in [-0.4, -0.2) is 12.5 Å². The Bertz CT molecular complexity index is 726. The van der Waals surface area contributed by atoms with Gasteiger partial charge in [0.2, 0.25) is 0 Å². The molecule has 0 bridgehead atoms. The molecule has 2 aromatic rings. The third kappa shape index (κ3) is 4.75. The van der Waals surface area contributed by atoms with E-state index in [0.29, 0.717) is 28.9 Å². The molecular weight excluding hydrogens is 322 g/mol. The van der Waals surface area contributed by atoms with E-state index in [0.717, 1.165) is 23.2 Å². The van der Waals surface area contributed by atoms with Crippen LogP contribution in [0.2, 0.25) is 5.02 Å². The number of amides is 1. The number of hydrogen-bond donors (Lipinski definition) is 1. The fraction of sp³-hybridized carbons (Fsp3) is 0.350. The minimum Gasteiger partial charge on any atom is -0.493 e. The number of rotatable bonds is 6. The Balaban J connectivity index is 2.19. The maximum absolute atomic E-state index is 12.7. The number of anilines is 1. The molecule has 4 heteroatoms. The Morgan fingerprint density at radius 1 is 1.17 bits per heavy atom. The summed E-state index contributed by atoms with van der Waals surface area (Å²) in [5, 5.41) is 3.61. The monoisotopic (exact) mass is 345 g/mol. The highest BCUT2D eigenvalue weighted by atomic mass is 35.5. The van der Waals surface area contributed by atoms with Crippen LogP contribution in [0.1, 0.15) is 41.8 Å². The minimum absolute atomic E-state index is 0.172. The molecule has 0 aliphatic rings. The maximum Gasteiger partial charge on any atom is 0.259 e. The van der Waals surface area contributed by atoms with Gasteiger partial charge in [0.05, 0.1) is 12.2 Å². The SMILES string of the molecule is Cc1cc(NC(=O)c2c(C)cccc2OCCC(C)C)ccc1Cl. The van der Waals surface area contributed by atoms with Crippen LogP contribution in [0.25, 0.3) is 0 Å². The number of aryl methyl sites for hydroxylation is 2. The summed E-state index contributed by atoms with van der Waals surface area (Å²) in [4.78, 5) is 12.7. The van der Waals surface area contributed by atoms with Gasteiger partial charge in [0, 0.05) is 10.7 Å². The van der Waals surface area contributed by atoms with Gasteiger partial charge in [-0.1, -0.05) is 37.6 Å². The van der Waals surface area contributed by atoms with Crippen LogP contribution in [0.15, 0.2) is 36.4 Å². The molecule has 24 heavy (non-hydrogen) atoms. The van der Waals surface area contributed by atoms with Gasteiger partial charge in [-0.25, -0.2) is 0 Å². The third-order valence-corrected chi connectivity index (χ3v) is 4.25. The predicted molar refractivity (Wildman–Crippen MR) is 100 cm³/mol. The van der Waals surface area contributed by atoms with E-state index in [1.165, 1.54) is 0 Å². The third-order valence-electron chi connectivity index (χ3n) is 3.83. The molecule has 1 N–H and O–H groups in total. The Labute approximate surface area is 149 Å². The van der Waals surface area contributed by atoms with Gasteiger partial charge in [-0.05, 0) is 61.6 Å². The van der Waals surface area contributed by atoms with Crippen molar-refractivity contribution in [3.8, 4) is 5.75 Å². The van der Waals surface area contributed by atoms with Crippen LogP contribution in [0.5, 0.6) is 5.75 Å². The molecule has 0 aliphatic carbocycles. The number of hydrogen-bond acceptors (Lipinski definition) is 2. The summed E-state index contributed by atoms with van der Waals surface area (Å²) in [5.41, 5.74) is 3.11. The summed E-state index contributed by atoms with van der Waals surface area (Å²) in [6, 6.07) is 11.1. The molecule has 0 aliphatic heterocycles. The first kappa shape index (κ1) is 18.3. The van der Waals surface area contributed by atoms with Crippen LogP contribution in [-0.2, 0) is 0 Å². The summed E-state index contributed by atoms with van der Waals surface area (Å²) >= 11 is 6.03. The van der Waals surface area contributed by atoms with E-state index < -0.39 is 0 Å². The lowest BCUT2D eigenvalue weighted by Gasteiger charge is -2.15. The highest BCUT2D eigenvalue weighted by Crippen LogP contribution is 2.25. The summed E-state index contributed by atoms with van der Waals surface area (Å²) in [6.45, 7) is 8.72. The lowest BCUT2D eigenvalue weighted by molar-refractivity contribution is 0.102. The van der Waals surface area contributed by atoms with Gasteiger partial charge >= 0.3 is 0 Å². The number of halogens is 1. The lowest BCUT2D eigenvalue weighted by Crippen LogP contribution is -2.16. The fourth-order valence-electron chi connectivity index (χ4n) is 2.37. The number of carbonyl (C=O) groups is 1. The van der Waals surface area contributed by atoms with Gasteiger partial charge < -0.3 is 10.1 Å². The molecule has 0 aromatic heterocycles. The van der Waals surface area contributed by atoms with E-state index in [9.17, 15) is 4.79 Å². The molecule has 128 valence electrons. The van der Waals surface area contributed by atoms with E-state index in [1.54, 1.807) is 12.1 Å². The number of benzene rings is 2. The highest BCUT2D eigenvalue weighted by Gasteiger charge is 2.16. The Morgan fingerprint density at radius 3 is 2.58 bits per heavy atom. The van der Waals surface area contributed by atoms with Gasteiger partial charge in [0.25, 0.3) is 5.91 Å². The van der Waals surface area contributed by atoms with Crippen molar-refractivity contribution in [2.45, 2.75) is 34.1 Å². The number of ether oxygens (including phenoxy) is 1. The Morgan fingerprint density at radius 2 is 1.92 bits per heavy atom. The van der Waals surface area contributed by atoms with E-state index in [2.05, 4.69) is 19.2 Å². The second-order valence-electron chi connectivity index (χ2n) is 6.40. The molecule has 1 amide bonds. The van der Waals surface area contributed by atoms with Crippen LogP contribution in [0.4, 0.5) is 5.69 Å². The van der Waals surface area contributed by atoms with E-state index >= 15 is 0 Å². The van der Waals surface area contributed by atoms with Crippen molar-refractivity contribution in [2.75, 3.05) is 11.9 Å². The van der Waals surface area contributed by atoms with Crippen molar-refractivity contribution in [2.24, 2.45) is 5.92 Å². The van der Waals surface area contributed by atoms with Crippen LogP contribution < -0.4 is 10.1 Å². The smallest absolute Gasteiger partial charge is 0.259 e. The summed E-state index contributed by atoms with van der Waals surface area (Å²) in [7, 11) is 0. The van der Waals surface area contributed by atoms with Gasteiger partial charge in [0.1, 0.15) is 5.75 Å². The average molecular weight is 346 g/mol. The van der Waals surface area contributed by atoms with Crippen LogP contribution >= 0.6 is 11.6 Å². The fourth-order valence-corrected chi connectivity index (χ4v) is 2.49. The summed E-state index contributed by atoms with van der Waals surface area (Å²) < 4.78 is 5.85. The van der Waals surface area contributed by atoms with Crippen molar-refractivity contribution >= 4 is 23.2 Å².